The molecular formula is C20H24ClN3O4S. The maximum absolute atomic E-state index is 13.3. The normalized spacial score (nSPS) is 18.4. The molecule has 1 aliphatic carbocycles. The van der Waals surface area contributed by atoms with Gasteiger partial charge in [-0.05, 0) is 37.8 Å². The molecule has 0 amide bonds. The molecule has 1 N–H and O–H groups in total. The number of aromatic amines is 1. The largest absolute Gasteiger partial charge is 0.494 e. The molecule has 29 heavy (non-hydrogen) atoms. The fourth-order valence-electron chi connectivity index (χ4n) is 3.76. The average Bonchev–Trinajstić information content (AvgIpc) is 3.49. The number of carbonyl (C=O) groups is 1. The summed E-state index contributed by atoms with van der Waals surface area (Å²) in [6.07, 6.45) is 4.63. The summed E-state index contributed by atoms with van der Waals surface area (Å²) in [6, 6.07) is 3.14. The molecule has 2 aliphatic rings. The van der Waals surface area contributed by atoms with Crippen molar-refractivity contribution in [1.82, 2.24) is 9.78 Å². The van der Waals surface area contributed by atoms with E-state index in [1.165, 1.54) is 11.8 Å². The van der Waals surface area contributed by atoms with Gasteiger partial charge in [0.2, 0.25) is 5.78 Å². The Balaban J connectivity index is 1.84. The van der Waals surface area contributed by atoms with Gasteiger partial charge in [0.25, 0.3) is 5.56 Å². The lowest BCUT2D eigenvalue weighted by Gasteiger charge is -2.17. The molecule has 0 atom stereocenters. The van der Waals surface area contributed by atoms with Gasteiger partial charge in [0.15, 0.2) is 0 Å². The standard InChI is InChI=1S/C20H24ClN3O4S/c1-24-20(26)15(17(22-24)12-6-7-12)19(25)13-8-9-14(28-2)18(16(13)21)23-29(27)10-4-3-5-11-29/h8-9,12,22H,3-7,10-11H2,1-2H3. The van der Waals surface area contributed by atoms with Crippen molar-refractivity contribution >= 4 is 32.8 Å². The minimum Gasteiger partial charge on any atom is -0.494 e. The number of halogens is 1. The third-order valence-electron chi connectivity index (χ3n) is 5.52. The number of aryl methyl sites for hydroxylation is 1. The third-order valence-corrected chi connectivity index (χ3v) is 8.27. The van der Waals surface area contributed by atoms with Crippen LogP contribution in [0, 0.1) is 0 Å². The maximum atomic E-state index is 13.3. The Morgan fingerprint density at radius 1 is 1.28 bits per heavy atom. The number of H-pyrrole nitrogens is 1. The first-order valence-corrected chi connectivity index (χ1v) is 12.0. The molecule has 0 radical (unpaired) electrons. The molecule has 1 saturated heterocycles. The number of benzene rings is 1. The summed E-state index contributed by atoms with van der Waals surface area (Å²) in [5, 5.41) is 3.08. The minimum atomic E-state index is -2.44. The summed E-state index contributed by atoms with van der Waals surface area (Å²) in [5.41, 5.74) is 0.803. The van der Waals surface area contributed by atoms with Gasteiger partial charge < -0.3 is 4.74 Å². The van der Waals surface area contributed by atoms with Crippen LogP contribution < -0.4 is 10.3 Å². The van der Waals surface area contributed by atoms with Gasteiger partial charge in [0.05, 0.1) is 27.6 Å². The van der Waals surface area contributed by atoms with E-state index in [2.05, 4.69) is 9.46 Å². The van der Waals surface area contributed by atoms with E-state index in [1.54, 1.807) is 19.2 Å². The highest BCUT2D eigenvalue weighted by atomic mass is 35.5. The Morgan fingerprint density at radius 2 is 1.97 bits per heavy atom. The van der Waals surface area contributed by atoms with Crippen LogP contribution in [-0.4, -0.2) is 38.4 Å². The zero-order chi connectivity index (χ0) is 20.8. The lowest BCUT2D eigenvalue weighted by Crippen LogP contribution is -2.20. The first kappa shape index (κ1) is 20.2. The van der Waals surface area contributed by atoms with Crippen LogP contribution in [0.5, 0.6) is 5.75 Å². The molecule has 2 aromatic rings. The van der Waals surface area contributed by atoms with Gasteiger partial charge in [-0.2, -0.15) is 4.36 Å². The van der Waals surface area contributed by atoms with E-state index in [0.29, 0.717) is 22.9 Å². The van der Waals surface area contributed by atoms with E-state index in [0.717, 1.165) is 32.1 Å². The lowest BCUT2D eigenvalue weighted by molar-refractivity contribution is 0.103. The predicted octanol–water partition coefficient (Wildman–Crippen LogP) is 3.77. The highest BCUT2D eigenvalue weighted by molar-refractivity contribution is 7.93. The number of nitrogens with zero attached hydrogens (tertiary/aromatic N) is 2. The predicted molar refractivity (Wildman–Crippen MR) is 113 cm³/mol. The SMILES string of the molecule is COc1ccc(C(=O)c2c(C3CC3)[nH]n(C)c2=O)c(Cl)c1N=S1(=O)CCCCC1. The van der Waals surface area contributed by atoms with Crippen LogP contribution in [0.2, 0.25) is 5.02 Å². The summed E-state index contributed by atoms with van der Waals surface area (Å²) in [5.74, 6) is 1.13. The van der Waals surface area contributed by atoms with Crippen molar-refractivity contribution in [2.45, 2.75) is 38.0 Å². The third kappa shape index (κ3) is 3.75. The smallest absolute Gasteiger partial charge is 0.277 e. The first-order chi connectivity index (χ1) is 13.8. The van der Waals surface area contributed by atoms with Gasteiger partial charge in [0, 0.05) is 30.0 Å². The van der Waals surface area contributed by atoms with Crippen molar-refractivity contribution in [3.05, 3.63) is 44.3 Å². The Kier molecular flexibility index (Phi) is 5.33. The number of carbonyl (C=O) groups excluding carboxylic acids is 1. The summed E-state index contributed by atoms with van der Waals surface area (Å²) in [7, 11) is 0.628. The molecule has 2 heterocycles. The summed E-state index contributed by atoms with van der Waals surface area (Å²) >= 11 is 6.59. The van der Waals surface area contributed by atoms with Crippen LogP contribution in [0.4, 0.5) is 5.69 Å². The minimum absolute atomic E-state index is 0.0765. The van der Waals surface area contributed by atoms with E-state index in [4.69, 9.17) is 16.3 Å². The molecular weight excluding hydrogens is 414 g/mol. The molecule has 156 valence electrons. The first-order valence-electron chi connectivity index (χ1n) is 9.77. The van der Waals surface area contributed by atoms with E-state index < -0.39 is 15.5 Å². The van der Waals surface area contributed by atoms with E-state index in [1.807, 2.05) is 0 Å². The van der Waals surface area contributed by atoms with Crippen molar-refractivity contribution in [1.29, 1.82) is 0 Å². The molecule has 9 heteroatoms. The Labute approximate surface area is 174 Å². The summed E-state index contributed by atoms with van der Waals surface area (Å²) in [4.78, 5) is 25.9. The molecule has 0 bridgehead atoms. The number of aromatic nitrogens is 2. The molecule has 2 fully saturated rings. The number of hydrogen-bond donors (Lipinski definition) is 1. The van der Waals surface area contributed by atoms with Gasteiger partial charge in [-0.25, -0.2) is 4.21 Å². The monoisotopic (exact) mass is 437 g/mol. The second kappa shape index (κ2) is 7.65. The van der Waals surface area contributed by atoms with E-state index >= 15 is 0 Å². The Morgan fingerprint density at radius 3 is 2.59 bits per heavy atom. The highest BCUT2D eigenvalue weighted by Gasteiger charge is 2.34. The van der Waals surface area contributed by atoms with Crippen molar-refractivity contribution in [2.75, 3.05) is 18.6 Å². The molecule has 0 unspecified atom stereocenters. The Bertz CT molecular complexity index is 1140. The number of ether oxygens (including phenoxy) is 1. The van der Waals surface area contributed by atoms with Crippen LogP contribution in [0.1, 0.15) is 59.6 Å². The van der Waals surface area contributed by atoms with Gasteiger partial charge >= 0.3 is 0 Å². The number of hydrogen-bond acceptors (Lipinski definition) is 5. The van der Waals surface area contributed by atoms with E-state index in [9.17, 15) is 13.8 Å². The van der Waals surface area contributed by atoms with Crippen LogP contribution in [0.3, 0.4) is 0 Å². The van der Waals surface area contributed by atoms with Crippen molar-refractivity contribution in [3.8, 4) is 5.75 Å². The topological polar surface area (TPSA) is 93.5 Å². The quantitative estimate of drug-likeness (QED) is 0.720. The van der Waals surface area contributed by atoms with Gasteiger partial charge in [0.1, 0.15) is 17.0 Å². The summed E-state index contributed by atoms with van der Waals surface area (Å²) < 4.78 is 24.3. The Hall–Kier alpha value is -2.06. The number of ketones is 1. The van der Waals surface area contributed by atoms with Crippen LogP contribution in [0.15, 0.2) is 21.3 Å². The van der Waals surface area contributed by atoms with Gasteiger partial charge in [-0.1, -0.05) is 18.0 Å². The highest BCUT2D eigenvalue weighted by Crippen LogP contribution is 2.43. The molecule has 1 aromatic heterocycles. The number of methoxy groups -OCH3 is 1. The number of nitrogens with one attached hydrogen (secondary N) is 1. The fourth-order valence-corrected chi connectivity index (χ4v) is 6.30. The average molecular weight is 438 g/mol. The van der Waals surface area contributed by atoms with Crippen molar-refractivity contribution < 1.29 is 13.7 Å². The van der Waals surface area contributed by atoms with Crippen LogP contribution >= 0.6 is 11.6 Å². The molecule has 1 saturated carbocycles. The zero-order valence-corrected chi connectivity index (χ0v) is 18.1. The van der Waals surface area contributed by atoms with Crippen molar-refractivity contribution in [3.63, 3.8) is 0 Å². The van der Waals surface area contributed by atoms with Crippen LogP contribution in [-0.2, 0) is 16.8 Å². The molecule has 7 nitrogen and oxygen atoms in total. The van der Waals surface area contributed by atoms with Crippen LogP contribution in [0.25, 0.3) is 0 Å². The number of rotatable bonds is 5. The second-order valence-corrected chi connectivity index (χ2v) is 10.6. The fraction of sp³-hybridized carbons (Fsp3) is 0.500. The molecule has 1 aliphatic heterocycles. The molecule has 1 aromatic carbocycles. The van der Waals surface area contributed by atoms with E-state index in [-0.39, 0.29) is 33.3 Å². The summed E-state index contributed by atoms with van der Waals surface area (Å²) in [6.45, 7) is 0. The second-order valence-electron chi connectivity index (χ2n) is 7.68. The lowest BCUT2D eigenvalue weighted by atomic mass is 10.0. The maximum Gasteiger partial charge on any atom is 0.277 e. The zero-order valence-electron chi connectivity index (χ0n) is 16.5. The van der Waals surface area contributed by atoms with Crippen molar-refractivity contribution in [2.24, 2.45) is 11.4 Å². The van der Waals surface area contributed by atoms with Gasteiger partial charge in [-0.15, -0.1) is 0 Å². The molecule has 4 rings (SSSR count). The van der Waals surface area contributed by atoms with Gasteiger partial charge in [-0.3, -0.25) is 19.4 Å². The molecule has 0 spiro atoms.